The van der Waals surface area contributed by atoms with Gasteiger partial charge in [-0.05, 0) is 13.3 Å². The molecule has 2 aromatic rings. The van der Waals surface area contributed by atoms with Crippen molar-refractivity contribution in [2.24, 2.45) is 0 Å². The van der Waals surface area contributed by atoms with Crippen molar-refractivity contribution in [3.63, 3.8) is 0 Å². The van der Waals surface area contributed by atoms with Crippen molar-refractivity contribution in [1.82, 2.24) is 9.97 Å². The van der Waals surface area contributed by atoms with Crippen LogP contribution in [0.3, 0.4) is 0 Å². The molecule has 0 saturated heterocycles. The Kier molecular flexibility index (Phi) is 4.86. The lowest BCUT2D eigenvalue weighted by Crippen LogP contribution is -2.10. The minimum absolute atomic E-state index is 0.126. The number of aromatic nitrogens is 2. The highest BCUT2D eigenvalue weighted by molar-refractivity contribution is 7.14. The van der Waals surface area contributed by atoms with Crippen molar-refractivity contribution < 1.29 is 9.53 Å². The Balaban J connectivity index is 2.04. The van der Waals surface area contributed by atoms with Gasteiger partial charge in [0.05, 0.1) is 12.6 Å². The van der Waals surface area contributed by atoms with Crippen molar-refractivity contribution in [3.05, 3.63) is 27.7 Å². The summed E-state index contributed by atoms with van der Waals surface area (Å²) in [5.41, 5.74) is 0.350. The number of thiazole rings is 2. The van der Waals surface area contributed by atoms with Gasteiger partial charge in [0.15, 0.2) is 10.8 Å². The van der Waals surface area contributed by atoms with Gasteiger partial charge in [0.25, 0.3) is 0 Å². The standard InChI is InChI=1S/C12H15N3O2S2/c1-3-8(10-13-5-6-18-10)14-12-15-9(7-19-12)11(16)17-4-2/h5-8H,3-4H2,1-2H3,(H,14,15). The van der Waals surface area contributed by atoms with E-state index in [0.717, 1.165) is 11.4 Å². The van der Waals surface area contributed by atoms with Gasteiger partial charge in [-0.15, -0.1) is 22.7 Å². The zero-order valence-electron chi connectivity index (χ0n) is 10.8. The molecule has 0 aliphatic carbocycles. The number of nitrogens with one attached hydrogen (secondary N) is 1. The number of carbonyl (C=O) groups excluding carboxylic acids is 1. The molecule has 1 N–H and O–H groups in total. The maximum atomic E-state index is 11.5. The van der Waals surface area contributed by atoms with Crippen LogP contribution in [-0.4, -0.2) is 22.5 Å². The first-order chi connectivity index (χ1) is 9.24. The van der Waals surface area contributed by atoms with E-state index >= 15 is 0 Å². The summed E-state index contributed by atoms with van der Waals surface area (Å²) in [6.07, 6.45) is 2.69. The fraction of sp³-hybridized carbons (Fsp3) is 0.417. The van der Waals surface area contributed by atoms with Crippen LogP contribution in [0.5, 0.6) is 0 Å². The second-order valence-corrected chi connectivity index (χ2v) is 5.52. The molecule has 2 aromatic heterocycles. The Morgan fingerprint density at radius 2 is 2.32 bits per heavy atom. The summed E-state index contributed by atoms with van der Waals surface area (Å²) in [6, 6.07) is 0.126. The van der Waals surface area contributed by atoms with Crippen molar-refractivity contribution in [1.29, 1.82) is 0 Å². The summed E-state index contributed by atoms with van der Waals surface area (Å²) in [5, 5.41) is 8.69. The summed E-state index contributed by atoms with van der Waals surface area (Å²) < 4.78 is 4.91. The molecular weight excluding hydrogens is 282 g/mol. The summed E-state index contributed by atoms with van der Waals surface area (Å²) >= 11 is 3.01. The van der Waals surface area contributed by atoms with E-state index in [0.29, 0.717) is 17.4 Å². The van der Waals surface area contributed by atoms with Gasteiger partial charge in [0.2, 0.25) is 0 Å². The van der Waals surface area contributed by atoms with Gasteiger partial charge in [-0.1, -0.05) is 6.92 Å². The van der Waals surface area contributed by atoms with E-state index in [1.54, 1.807) is 29.8 Å². The molecule has 0 spiro atoms. The predicted octanol–water partition coefficient (Wildman–Crippen LogP) is 3.34. The van der Waals surface area contributed by atoms with Crippen LogP contribution in [0.2, 0.25) is 0 Å². The zero-order valence-corrected chi connectivity index (χ0v) is 12.4. The first-order valence-electron chi connectivity index (χ1n) is 6.03. The first-order valence-corrected chi connectivity index (χ1v) is 7.79. The second-order valence-electron chi connectivity index (χ2n) is 3.73. The molecule has 7 heteroatoms. The Labute approximate surface area is 119 Å². The van der Waals surface area contributed by atoms with Gasteiger partial charge in [-0.2, -0.15) is 0 Å². The quantitative estimate of drug-likeness (QED) is 0.828. The number of hydrogen-bond donors (Lipinski definition) is 1. The van der Waals surface area contributed by atoms with Crippen LogP contribution >= 0.6 is 22.7 Å². The minimum atomic E-state index is -0.380. The number of esters is 1. The third-order valence-electron chi connectivity index (χ3n) is 2.44. The summed E-state index contributed by atoms with van der Waals surface area (Å²) in [4.78, 5) is 20.1. The number of carbonyl (C=O) groups is 1. The van der Waals surface area contributed by atoms with Crippen LogP contribution in [0.15, 0.2) is 17.0 Å². The maximum Gasteiger partial charge on any atom is 0.357 e. The van der Waals surface area contributed by atoms with Gasteiger partial charge >= 0.3 is 5.97 Å². The highest BCUT2D eigenvalue weighted by Gasteiger charge is 2.16. The third-order valence-corrected chi connectivity index (χ3v) is 4.11. The van der Waals surface area contributed by atoms with E-state index in [2.05, 4.69) is 22.2 Å². The van der Waals surface area contributed by atoms with E-state index < -0.39 is 0 Å². The normalized spacial score (nSPS) is 12.1. The molecule has 0 fully saturated rings. The molecule has 0 aliphatic heterocycles. The number of nitrogens with zero attached hydrogens (tertiary/aromatic N) is 2. The monoisotopic (exact) mass is 297 g/mol. The van der Waals surface area contributed by atoms with Crippen molar-refractivity contribution >= 4 is 33.8 Å². The SMILES string of the molecule is CCOC(=O)c1csc(NC(CC)c2nccs2)n1. The van der Waals surface area contributed by atoms with Crippen LogP contribution in [0, 0.1) is 0 Å². The lowest BCUT2D eigenvalue weighted by atomic mass is 10.2. The maximum absolute atomic E-state index is 11.5. The number of ether oxygens (including phenoxy) is 1. The smallest absolute Gasteiger partial charge is 0.357 e. The molecule has 19 heavy (non-hydrogen) atoms. The molecule has 2 rings (SSSR count). The topological polar surface area (TPSA) is 64.1 Å². The number of anilines is 1. The van der Waals surface area contributed by atoms with Crippen molar-refractivity contribution in [2.75, 3.05) is 11.9 Å². The van der Waals surface area contributed by atoms with Gasteiger partial charge in [0, 0.05) is 17.0 Å². The fourth-order valence-corrected chi connectivity index (χ4v) is 3.04. The third kappa shape index (κ3) is 3.51. The highest BCUT2D eigenvalue weighted by Crippen LogP contribution is 2.26. The van der Waals surface area contributed by atoms with E-state index in [9.17, 15) is 4.79 Å². The van der Waals surface area contributed by atoms with Crippen LogP contribution in [-0.2, 0) is 4.74 Å². The average molecular weight is 297 g/mol. The van der Waals surface area contributed by atoms with Gasteiger partial charge in [0.1, 0.15) is 5.01 Å². The summed E-state index contributed by atoms with van der Waals surface area (Å²) in [6.45, 7) is 4.22. The van der Waals surface area contributed by atoms with Gasteiger partial charge in [-0.3, -0.25) is 0 Å². The lowest BCUT2D eigenvalue weighted by molar-refractivity contribution is 0.0520. The van der Waals surface area contributed by atoms with E-state index in [1.165, 1.54) is 11.3 Å². The van der Waals surface area contributed by atoms with Crippen molar-refractivity contribution in [3.8, 4) is 0 Å². The summed E-state index contributed by atoms with van der Waals surface area (Å²) in [7, 11) is 0. The van der Waals surface area contributed by atoms with E-state index in [-0.39, 0.29) is 12.0 Å². The van der Waals surface area contributed by atoms with Crippen molar-refractivity contribution in [2.45, 2.75) is 26.3 Å². The number of hydrogen-bond acceptors (Lipinski definition) is 7. The van der Waals surface area contributed by atoms with E-state index in [4.69, 9.17) is 4.74 Å². The molecule has 1 atom stereocenters. The minimum Gasteiger partial charge on any atom is -0.461 e. The highest BCUT2D eigenvalue weighted by atomic mass is 32.1. The fourth-order valence-electron chi connectivity index (χ4n) is 1.53. The number of rotatable bonds is 6. The largest absolute Gasteiger partial charge is 0.461 e. The molecular formula is C12H15N3O2S2. The molecule has 1 unspecified atom stereocenters. The Morgan fingerprint density at radius 1 is 1.47 bits per heavy atom. The average Bonchev–Trinajstić information content (AvgIpc) is 3.07. The van der Waals surface area contributed by atoms with Crippen LogP contribution in [0.1, 0.15) is 41.8 Å². The molecule has 5 nitrogen and oxygen atoms in total. The molecule has 0 aliphatic rings. The first kappa shape index (κ1) is 14.0. The Bertz CT molecular complexity index is 525. The molecule has 0 aromatic carbocycles. The van der Waals surface area contributed by atoms with Gasteiger partial charge in [-0.25, -0.2) is 14.8 Å². The molecule has 102 valence electrons. The Hall–Kier alpha value is -1.47. The molecule has 0 radical (unpaired) electrons. The second kappa shape index (κ2) is 6.63. The molecule has 0 amide bonds. The predicted molar refractivity (Wildman–Crippen MR) is 76.8 cm³/mol. The summed E-state index contributed by atoms with van der Waals surface area (Å²) in [5.74, 6) is -0.380. The molecule has 2 heterocycles. The van der Waals surface area contributed by atoms with Crippen LogP contribution in [0.4, 0.5) is 5.13 Å². The Morgan fingerprint density at radius 3 is 2.95 bits per heavy atom. The van der Waals surface area contributed by atoms with Crippen LogP contribution in [0.25, 0.3) is 0 Å². The zero-order chi connectivity index (χ0) is 13.7. The molecule has 0 bridgehead atoms. The van der Waals surface area contributed by atoms with Gasteiger partial charge < -0.3 is 10.1 Å². The lowest BCUT2D eigenvalue weighted by Gasteiger charge is -2.12. The van der Waals surface area contributed by atoms with E-state index in [1.807, 2.05) is 5.38 Å². The van der Waals surface area contributed by atoms with Crippen LogP contribution < -0.4 is 5.32 Å². The molecule has 0 saturated carbocycles.